The van der Waals surface area contributed by atoms with Crippen molar-refractivity contribution in [3.05, 3.63) is 53.6 Å². The average Bonchev–Trinajstić information content (AvgIpc) is 2.65. The molecule has 1 heterocycles. The second-order valence-corrected chi connectivity index (χ2v) is 7.85. The smallest absolute Gasteiger partial charge is 0.220 e. The fourth-order valence-electron chi connectivity index (χ4n) is 3.41. The van der Waals surface area contributed by atoms with Crippen LogP contribution in [0.25, 0.3) is 0 Å². The number of aryl methyl sites for hydroxylation is 1. The van der Waals surface area contributed by atoms with Gasteiger partial charge in [-0.2, -0.15) is 0 Å². The predicted molar refractivity (Wildman–Crippen MR) is 109 cm³/mol. The fourth-order valence-corrected chi connectivity index (χ4v) is 3.41. The van der Waals surface area contributed by atoms with E-state index in [4.69, 9.17) is 14.2 Å². The van der Waals surface area contributed by atoms with Gasteiger partial charge in [-0.1, -0.05) is 17.7 Å². The Morgan fingerprint density at radius 3 is 2.61 bits per heavy atom. The predicted octanol–water partition coefficient (Wildman–Crippen LogP) is 4.58. The van der Waals surface area contributed by atoms with Gasteiger partial charge >= 0.3 is 0 Å². The van der Waals surface area contributed by atoms with Crippen molar-refractivity contribution in [1.82, 2.24) is 5.32 Å². The molecule has 28 heavy (non-hydrogen) atoms. The Bertz CT molecular complexity index is 814. The van der Waals surface area contributed by atoms with Crippen LogP contribution in [0.5, 0.6) is 17.2 Å². The zero-order chi connectivity index (χ0) is 20.1. The molecule has 0 spiro atoms. The lowest BCUT2D eigenvalue weighted by atomic mass is 9.89. The van der Waals surface area contributed by atoms with E-state index in [0.29, 0.717) is 25.9 Å². The fraction of sp³-hybridized carbons (Fsp3) is 0.435. The minimum absolute atomic E-state index is 0.0176. The molecule has 0 saturated heterocycles. The normalized spacial score (nSPS) is 17.2. The summed E-state index contributed by atoms with van der Waals surface area (Å²) in [5, 5.41) is 3.16. The highest BCUT2D eigenvalue weighted by molar-refractivity contribution is 5.76. The summed E-state index contributed by atoms with van der Waals surface area (Å²) in [6.07, 6.45) is 1.79. The number of carbonyl (C=O) groups is 1. The quantitative estimate of drug-likeness (QED) is 0.711. The molecule has 0 aromatic heterocycles. The Labute approximate surface area is 167 Å². The molecule has 5 nitrogen and oxygen atoms in total. The van der Waals surface area contributed by atoms with Crippen LogP contribution >= 0.6 is 0 Å². The number of carbonyl (C=O) groups excluding carboxylic acids is 1. The number of amides is 1. The van der Waals surface area contributed by atoms with Gasteiger partial charge in [-0.3, -0.25) is 4.79 Å². The maximum atomic E-state index is 12.5. The summed E-state index contributed by atoms with van der Waals surface area (Å²) >= 11 is 0. The number of hydrogen-bond donors (Lipinski definition) is 1. The van der Waals surface area contributed by atoms with Crippen LogP contribution in [0.1, 0.15) is 50.3 Å². The van der Waals surface area contributed by atoms with Crippen molar-refractivity contribution >= 4 is 5.91 Å². The monoisotopic (exact) mass is 383 g/mol. The summed E-state index contributed by atoms with van der Waals surface area (Å²) in [4.78, 5) is 12.5. The molecule has 0 unspecified atom stereocenters. The Morgan fingerprint density at radius 2 is 1.89 bits per heavy atom. The Morgan fingerprint density at radius 1 is 1.18 bits per heavy atom. The van der Waals surface area contributed by atoms with Crippen LogP contribution < -0.4 is 19.5 Å². The second kappa shape index (κ2) is 8.55. The number of ether oxygens (including phenoxy) is 3. The molecule has 0 saturated carbocycles. The van der Waals surface area contributed by atoms with Gasteiger partial charge < -0.3 is 19.5 Å². The van der Waals surface area contributed by atoms with Gasteiger partial charge in [0.05, 0.1) is 19.8 Å². The topological polar surface area (TPSA) is 56.8 Å². The van der Waals surface area contributed by atoms with E-state index in [1.165, 1.54) is 5.56 Å². The molecule has 1 atom stereocenters. The zero-order valence-corrected chi connectivity index (χ0v) is 17.1. The minimum Gasteiger partial charge on any atom is -0.497 e. The van der Waals surface area contributed by atoms with Gasteiger partial charge in [-0.15, -0.1) is 0 Å². The van der Waals surface area contributed by atoms with Crippen molar-refractivity contribution in [2.24, 2.45) is 0 Å². The van der Waals surface area contributed by atoms with Gasteiger partial charge in [0.2, 0.25) is 5.91 Å². The summed E-state index contributed by atoms with van der Waals surface area (Å²) in [7, 11) is 1.64. The molecule has 0 aliphatic carbocycles. The summed E-state index contributed by atoms with van der Waals surface area (Å²) in [6.45, 7) is 6.63. The molecule has 150 valence electrons. The van der Waals surface area contributed by atoms with E-state index in [0.717, 1.165) is 22.8 Å². The molecule has 1 aliphatic rings. The number of rotatable bonds is 7. The third-order valence-corrected chi connectivity index (χ3v) is 4.85. The first-order chi connectivity index (χ1) is 13.4. The first-order valence-electron chi connectivity index (χ1n) is 9.72. The van der Waals surface area contributed by atoms with Crippen LogP contribution in [0.4, 0.5) is 0 Å². The Balaban J connectivity index is 1.55. The standard InChI is InChI=1S/C23H29NO4/c1-16-7-9-17(10-8-16)27-13-5-6-22(25)24-20-15-23(2,3)28-21-12-11-18(26-4)14-19(20)21/h7-12,14,20H,5-6,13,15H2,1-4H3,(H,24,25)/t20-/m0/s1. The number of fused-ring (bicyclic) bond motifs is 1. The van der Waals surface area contributed by atoms with E-state index in [1.54, 1.807) is 7.11 Å². The molecule has 0 fully saturated rings. The number of benzene rings is 2. The van der Waals surface area contributed by atoms with Crippen molar-refractivity contribution in [2.45, 2.75) is 51.7 Å². The Kier molecular flexibility index (Phi) is 6.12. The van der Waals surface area contributed by atoms with E-state index >= 15 is 0 Å². The minimum atomic E-state index is -0.339. The van der Waals surface area contributed by atoms with Crippen molar-refractivity contribution in [3.63, 3.8) is 0 Å². The van der Waals surface area contributed by atoms with Gasteiger partial charge in [0.25, 0.3) is 0 Å². The van der Waals surface area contributed by atoms with E-state index in [-0.39, 0.29) is 17.6 Å². The molecule has 3 rings (SSSR count). The SMILES string of the molecule is COc1ccc2c(c1)[C@@H](NC(=O)CCCOc1ccc(C)cc1)CC(C)(C)O2. The number of hydrogen-bond acceptors (Lipinski definition) is 4. The summed E-state index contributed by atoms with van der Waals surface area (Å²) < 4.78 is 17.1. The van der Waals surface area contributed by atoms with Crippen molar-refractivity contribution < 1.29 is 19.0 Å². The lowest BCUT2D eigenvalue weighted by molar-refractivity contribution is -0.122. The van der Waals surface area contributed by atoms with Crippen LogP contribution in [-0.2, 0) is 4.79 Å². The molecule has 2 aromatic rings. The number of methoxy groups -OCH3 is 1. The molecule has 0 radical (unpaired) electrons. The molecule has 1 N–H and O–H groups in total. The first-order valence-corrected chi connectivity index (χ1v) is 9.72. The lowest BCUT2D eigenvalue weighted by Gasteiger charge is -2.38. The first kappa shape index (κ1) is 20.1. The molecule has 1 amide bonds. The van der Waals surface area contributed by atoms with Crippen LogP contribution in [0.15, 0.2) is 42.5 Å². The number of nitrogens with one attached hydrogen (secondary N) is 1. The Hall–Kier alpha value is -2.69. The van der Waals surface area contributed by atoms with E-state index < -0.39 is 0 Å². The van der Waals surface area contributed by atoms with Crippen LogP contribution in [0.2, 0.25) is 0 Å². The van der Waals surface area contributed by atoms with Crippen molar-refractivity contribution in [3.8, 4) is 17.2 Å². The van der Waals surface area contributed by atoms with Gasteiger partial charge in [0, 0.05) is 18.4 Å². The van der Waals surface area contributed by atoms with Crippen molar-refractivity contribution in [1.29, 1.82) is 0 Å². The largest absolute Gasteiger partial charge is 0.497 e. The third kappa shape index (κ3) is 5.18. The summed E-state index contributed by atoms with van der Waals surface area (Å²) in [5.41, 5.74) is 1.82. The molecule has 0 bridgehead atoms. The maximum absolute atomic E-state index is 12.5. The molecule has 1 aliphatic heterocycles. The van der Waals surface area contributed by atoms with Crippen LogP contribution in [0.3, 0.4) is 0 Å². The molecular formula is C23H29NO4. The highest BCUT2D eigenvalue weighted by Gasteiger charge is 2.34. The lowest BCUT2D eigenvalue weighted by Crippen LogP contribution is -2.41. The second-order valence-electron chi connectivity index (χ2n) is 7.85. The molecular weight excluding hydrogens is 354 g/mol. The van der Waals surface area contributed by atoms with Gasteiger partial charge in [0.1, 0.15) is 22.8 Å². The zero-order valence-electron chi connectivity index (χ0n) is 17.1. The van der Waals surface area contributed by atoms with E-state index in [9.17, 15) is 4.79 Å². The van der Waals surface area contributed by atoms with E-state index in [2.05, 4.69) is 5.32 Å². The highest BCUT2D eigenvalue weighted by Crippen LogP contribution is 2.41. The van der Waals surface area contributed by atoms with Gasteiger partial charge in [-0.05, 0) is 57.5 Å². The van der Waals surface area contributed by atoms with E-state index in [1.807, 2.05) is 63.2 Å². The average molecular weight is 383 g/mol. The third-order valence-electron chi connectivity index (χ3n) is 4.85. The van der Waals surface area contributed by atoms with Gasteiger partial charge in [-0.25, -0.2) is 0 Å². The summed E-state index contributed by atoms with van der Waals surface area (Å²) in [6, 6.07) is 13.6. The van der Waals surface area contributed by atoms with Gasteiger partial charge in [0.15, 0.2) is 0 Å². The van der Waals surface area contributed by atoms with Crippen LogP contribution in [-0.4, -0.2) is 25.2 Å². The van der Waals surface area contributed by atoms with Crippen LogP contribution in [0, 0.1) is 6.92 Å². The van der Waals surface area contributed by atoms with Crippen molar-refractivity contribution in [2.75, 3.05) is 13.7 Å². The molecule has 2 aromatic carbocycles. The molecule has 5 heteroatoms. The maximum Gasteiger partial charge on any atom is 0.220 e. The summed E-state index contributed by atoms with van der Waals surface area (Å²) in [5.74, 6) is 2.40. The highest BCUT2D eigenvalue weighted by atomic mass is 16.5.